The first kappa shape index (κ1) is 18.6. The summed E-state index contributed by atoms with van der Waals surface area (Å²) in [4.78, 5) is 4.50. The highest BCUT2D eigenvalue weighted by Crippen LogP contribution is 2.40. The van der Waals surface area contributed by atoms with E-state index >= 15 is 0 Å². The van der Waals surface area contributed by atoms with Crippen LogP contribution in [0.5, 0.6) is 17.2 Å². The fourth-order valence-corrected chi connectivity index (χ4v) is 2.85. The Bertz CT molecular complexity index is 883. The third kappa shape index (κ3) is 4.31. The van der Waals surface area contributed by atoms with E-state index < -0.39 is 0 Å². The number of hydrogen-bond donors (Lipinski definition) is 1. The Morgan fingerprint density at radius 2 is 1.52 bits per heavy atom. The summed E-state index contributed by atoms with van der Waals surface area (Å²) in [5, 5.41) is 3.43. The molecule has 0 aliphatic heterocycles. The minimum absolute atomic E-state index is 0.570. The van der Waals surface area contributed by atoms with Crippen LogP contribution in [0.2, 0.25) is 0 Å². The van der Waals surface area contributed by atoms with E-state index in [9.17, 15) is 0 Å². The van der Waals surface area contributed by atoms with E-state index in [1.54, 1.807) is 21.3 Å². The second-order valence-electron chi connectivity index (χ2n) is 6.18. The molecule has 0 saturated heterocycles. The molecule has 1 heterocycles. The van der Waals surface area contributed by atoms with Crippen LogP contribution in [-0.2, 0) is 6.54 Å². The van der Waals surface area contributed by atoms with E-state index in [-0.39, 0.29) is 0 Å². The lowest BCUT2D eigenvalue weighted by molar-refractivity contribution is 0.324. The minimum atomic E-state index is 0.570. The van der Waals surface area contributed by atoms with Gasteiger partial charge in [0.25, 0.3) is 0 Å². The number of benzene rings is 2. The zero-order valence-corrected chi connectivity index (χ0v) is 16.1. The molecule has 3 rings (SSSR count). The number of ether oxygens (including phenoxy) is 3. The fourth-order valence-electron chi connectivity index (χ4n) is 2.85. The molecule has 0 saturated carbocycles. The van der Waals surface area contributed by atoms with Crippen LogP contribution >= 0.6 is 0 Å². The van der Waals surface area contributed by atoms with Crippen molar-refractivity contribution in [3.8, 4) is 28.5 Å². The average molecular weight is 364 g/mol. The molecule has 3 aromatic rings. The van der Waals surface area contributed by atoms with Gasteiger partial charge >= 0.3 is 0 Å². The van der Waals surface area contributed by atoms with Crippen molar-refractivity contribution in [1.29, 1.82) is 0 Å². The Morgan fingerprint density at radius 1 is 0.852 bits per heavy atom. The summed E-state index contributed by atoms with van der Waals surface area (Å²) in [6.07, 6.45) is 1.81. The van der Waals surface area contributed by atoms with Gasteiger partial charge in [-0.2, -0.15) is 0 Å². The predicted octanol–water partition coefficient (Wildman–Crippen LogP) is 4.69. The van der Waals surface area contributed by atoms with Crippen LogP contribution in [0.4, 0.5) is 5.69 Å². The van der Waals surface area contributed by atoms with E-state index in [1.807, 2.05) is 24.4 Å². The standard InChI is InChI=1S/C22H24N2O3/c1-15-5-7-18(8-6-15)24-14-16-9-10-23-19(11-16)17-12-20(25-2)22(27-4)21(13-17)26-3/h5-13,24H,14H2,1-4H3. The maximum absolute atomic E-state index is 5.44. The van der Waals surface area contributed by atoms with Gasteiger partial charge in [0.2, 0.25) is 5.75 Å². The lowest BCUT2D eigenvalue weighted by Gasteiger charge is -2.14. The molecule has 5 heteroatoms. The van der Waals surface area contributed by atoms with E-state index in [2.05, 4.69) is 47.6 Å². The lowest BCUT2D eigenvalue weighted by Crippen LogP contribution is -2.00. The van der Waals surface area contributed by atoms with Crippen LogP contribution in [0.1, 0.15) is 11.1 Å². The van der Waals surface area contributed by atoms with E-state index in [0.717, 1.165) is 22.5 Å². The van der Waals surface area contributed by atoms with Crippen molar-refractivity contribution >= 4 is 5.69 Å². The zero-order chi connectivity index (χ0) is 19.2. The van der Waals surface area contributed by atoms with E-state index in [1.165, 1.54) is 5.56 Å². The van der Waals surface area contributed by atoms with Crippen molar-refractivity contribution in [3.63, 3.8) is 0 Å². The van der Waals surface area contributed by atoms with Crippen molar-refractivity contribution < 1.29 is 14.2 Å². The van der Waals surface area contributed by atoms with Gasteiger partial charge in [-0.15, -0.1) is 0 Å². The van der Waals surface area contributed by atoms with Gasteiger partial charge in [-0.25, -0.2) is 0 Å². The maximum atomic E-state index is 5.44. The molecule has 0 bridgehead atoms. The van der Waals surface area contributed by atoms with Crippen LogP contribution in [0.15, 0.2) is 54.7 Å². The number of methoxy groups -OCH3 is 3. The lowest BCUT2D eigenvalue weighted by atomic mass is 10.1. The summed E-state index contributed by atoms with van der Waals surface area (Å²) in [5.74, 6) is 1.79. The fraction of sp³-hybridized carbons (Fsp3) is 0.227. The van der Waals surface area contributed by atoms with Crippen molar-refractivity contribution in [2.45, 2.75) is 13.5 Å². The molecule has 2 aromatic carbocycles. The van der Waals surface area contributed by atoms with E-state index in [4.69, 9.17) is 14.2 Å². The number of aromatic nitrogens is 1. The average Bonchev–Trinajstić information content (AvgIpc) is 2.72. The molecule has 0 unspecified atom stereocenters. The summed E-state index contributed by atoms with van der Waals surface area (Å²) >= 11 is 0. The third-order valence-corrected chi connectivity index (χ3v) is 4.33. The topological polar surface area (TPSA) is 52.6 Å². The van der Waals surface area contributed by atoms with Crippen molar-refractivity contribution in [2.75, 3.05) is 26.6 Å². The molecule has 0 radical (unpaired) electrons. The molecular formula is C22H24N2O3. The molecule has 0 aliphatic carbocycles. The maximum Gasteiger partial charge on any atom is 0.203 e. The molecule has 27 heavy (non-hydrogen) atoms. The van der Waals surface area contributed by atoms with Gasteiger partial charge < -0.3 is 19.5 Å². The van der Waals surface area contributed by atoms with Gasteiger partial charge in [0.15, 0.2) is 11.5 Å². The molecular weight excluding hydrogens is 340 g/mol. The Hall–Kier alpha value is -3.21. The molecule has 0 amide bonds. The van der Waals surface area contributed by atoms with Gasteiger partial charge in [0.05, 0.1) is 27.0 Å². The molecule has 1 N–H and O–H groups in total. The molecule has 1 aromatic heterocycles. The highest BCUT2D eigenvalue weighted by Gasteiger charge is 2.14. The Morgan fingerprint density at radius 3 is 2.11 bits per heavy atom. The van der Waals surface area contributed by atoms with Crippen LogP contribution in [0.3, 0.4) is 0 Å². The SMILES string of the molecule is COc1cc(-c2cc(CNc3ccc(C)cc3)ccn2)cc(OC)c1OC. The number of rotatable bonds is 7. The summed E-state index contributed by atoms with van der Waals surface area (Å²) < 4.78 is 16.3. The number of anilines is 1. The summed E-state index contributed by atoms with van der Waals surface area (Å²) in [6, 6.07) is 16.2. The zero-order valence-electron chi connectivity index (χ0n) is 16.1. The van der Waals surface area contributed by atoms with Gasteiger partial charge in [-0.1, -0.05) is 17.7 Å². The van der Waals surface area contributed by atoms with Gasteiger partial charge in [-0.05, 0) is 48.9 Å². The molecule has 0 atom stereocenters. The number of pyridine rings is 1. The summed E-state index contributed by atoms with van der Waals surface area (Å²) in [7, 11) is 4.81. The Labute approximate surface area is 159 Å². The first-order valence-corrected chi connectivity index (χ1v) is 8.70. The molecule has 140 valence electrons. The minimum Gasteiger partial charge on any atom is -0.493 e. The van der Waals surface area contributed by atoms with Crippen molar-refractivity contribution in [1.82, 2.24) is 4.98 Å². The Balaban J connectivity index is 1.85. The second-order valence-corrected chi connectivity index (χ2v) is 6.18. The number of aryl methyl sites for hydroxylation is 1. The molecule has 5 nitrogen and oxygen atoms in total. The number of hydrogen-bond acceptors (Lipinski definition) is 5. The normalized spacial score (nSPS) is 10.4. The monoisotopic (exact) mass is 364 g/mol. The van der Waals surface area contributed by atoms with Crippen molar-refractivity contribution in [2.24, 2.45) is 0 Å². The predicted molar refractivity (Wildman–Crippen MR) is 108 cm³/mol. The smallest absolute Gasteiger partial charge is 0.203 e. The quantitative estimate of drug-likeness (QED) is 0.659. The summed E-state index contributed by atoms with van der Waals surface area (Å²) in [6.45, 7) is 2.79. The van der Waals surface area contributed by atoms with Gasteiger partial charge in [0.1, 0.15) is 0 Å². The second kappa shape index (κ2) is 8.45. The highest BCUT2D eigenvalue weighted by atomic mass is 16.5. The van der Waals surface area contributed by atoms with Gasteiger partial charge in [0, 0.05) is 24.0 Å². The molecule has 0 fully saturated rings. The Kier molecular flexibility index (Phi) is 5.81. The number of nitrogens with zero attached hydrogens (tertiary/aromatic N) is 1. The first-order chi connectivity index (χ1) is 13.1. The third-order valence-electron chi connectivity index (χ3n) is 4.33. The van der Waals surface area contributed by atoms with Crippen LogP contribution in [-0.4, -0.2) is 26.3 Å². The van der Waals surface area contributed by atoms with Gasteiger partial charge in [-0.3, -0.25) is 4.98 Å². The number of nitrogens with one attached hydrogen (secondary N) is 1. The van der Waals surface area contributed by atoms with Crippen molar-refractivity contribution in [3.05, 3.63) is 65.9 Å². The van der Waals surface area contributed by atoms with Crippen LogP contribution in [0.25, 0.3) is 11.3 Å². The first-order valence-electron chi connectivity index (χ1n) is 8.70. The largest absolute Gasteiger partial charge is 0.493 e. The molecule has 0 aliphatic rings. The van der Waals surface area contributed by atoms with Crippen LogP contribution < -0.4 is 19.5 Å². The van der Waals surface area contributed by atoms with Crippen LogP contribution in [0, 0.1) is 6.92 Å². The molecule has 0 spiro atoms. The highest BCUT2D eigenvalue weighted by molar-refractivity contribution is 5.69. The summed E-state index contributed by atoms with van der Waals surface area (Å²) in [5.41, 5.74) is 5.22. The van der Waals surface area contributed by atoms with E-state index in [0.29, 0.717) is 23.8 Å².